The summed E-state index contributed by atoms with van der Waals surface area (Å²) in [5.74, 6) is 1.59. The molecule has 0 saturated carbocycles. The van der Waals surface area contributed by atoms with Gasteiger partial charge in [0.2, 0.25) is 5.13 Å². The Hall–Kier alpha value is -6.29. The van der Waals surface area contributed by atoms with Crippen molar-refractivity contribution < 1.29 is 0 Å². The molecule has 4 heterocycles. The second-order valence-corrected chi connectivity index (χ2v) is 18.5. The highest BCUT2D eigenvalue weighted by molar-refractivity contribution is 7.22. The predicted octanol–water partition coefficient (Wildman–Crippen LogP) is 14.7. The highest BCUT2D eigenvalue weighted by Gasteiger charge is 2.27. The number of nitrogens with one attached hydrogen (secondary N) is 1. The average molecular weight is 871 g/mol. The second kappa shape index (κ2) is 17.5. The molecule has 8 rings (SSSR count). The van der Waals surface area contributed by atoms with Gasteiger partial charge >= 0.3 is 0 Å². The molecule has 0 aliphatic rings. The Morgan fingerprint density at radius 2 is 1.38 bits per heavy atom. The van der Waals surface area contributed by atoms with E-state index >= 15 is 0 Å². The minimum absolute atomic E-state index is 0.316. The van der Waals surface area contributed by atoms with E-state index in [1.54, 1.807) is 16.0 Å². The van der Waals surface area contributed by atoms with Crippen LogP contribution in [0.5, 0.6) is 0 Å². The van der Waals surface area contributed by atoms with Gasteiger partial charge in [-0.2, -0.15) is 15.0 Å². The Morgan fingerprint density at radius 3 is 2.06 bits per heavy atom. The Balaban J connectivity index is 1.39. The van der Waals surface area contributed by atoms with Gasteiger partial charge in [0.05, 0.1) is 31.8 Å². The highest BCUT2D eigenvalue weighted by Crippen LogP contribution is 2.46. The Morgan fingerprint density at radius 1 is 0.683 bits per heavy atom. The molecule has 8 aromatic rings. The zero-order valence-electron chi connectivity index (χ0n) is 38.4. The molecule has 0 atom stereocenters. The lowest BCUT2D eigenvalue weighted by Crippen LogP contribution is -2.17. The maximum Gasteiger partial charge on any atom is 0.213 e. The van der Waals surface area contributed by atoms with Crippen LogP contribution in [-0.2, 0) is 25.7 Å². The smallest absolute Gasteiger partial charge is 0.213 e. The van der Waals surface area contributed by atoms with Crippen LogP contribution in [0, 0.1) is 66.7 Å². The molecule has 0 fully saturated rings. The third-order valence-electron chi connectivity index (χ3n) is 12.1. The molecule has 0 amide bonds. The Kier molecular flexibility index (Phi) is 12.0. The van der Waals surface area contributed by atoms with Crippen LogP contribution in [0.2, 0.25) is 0 Å². The number of hydrogen-bond acceptors (Lipinski definition) is 11. The molecule has 4 aromatic carbocycles. The van der Waals surface area contributed by atoms with Crippen molar-refractivity contribution in [2.45, 2.75) is 109 Å². The second-order valence-electron chi connectivity index (χ2n) is 16.5. The lowest BCUT2D eigenvalue weighted by Gasteiger charge is -2.28. The molecule has 320 valence electrons. The van der Waals surface area contributed by atoms with Crippen LogP contribution in [0.25, 0.3) is 25.6 Å². The maximum absolute atomic E-state index is 10.4. The molecule has 0 aliphatic carbocycles. The first-order chi connectivity index (χ1) is 30.3. The number of fused-ring (bicyclic) bond motifs is 2. The maximum atomic E-state index is 10.4. The van der Waals surface area contributed by atoms with Gasteiger partial charge in [0.15, 0.2) is 16.8 Å². The molecule has 0 unspecified atom stereocenters. The molecule has 1 N–H and O–H groups in total. The van der Waals surface area contributed by atoms with Crippen molar-refractivity contribution in [1.82, 2.24) is 24.7 Å². The molecule has 12 heteroatoms. The van der Waals surface area contributed by atoms with Gasteiger partial charge in [0, 0.05) is 5.69 Å². The number of azo groups is 1. The van der Waals surface area contributed by atoms with Crippen LogP contribution in [0.15, 0.2) is 64.8 Å². The zero-order valence-corrected chi connectivity index (χ0v) is 40.0. The van der Waals surface area contributed by atoms with Crippen molar-refractivity contribution >= 4 is 82.8 Å². The number of aromatic nitrogens is 5. The van der Waals surface area contributed by atoms with Gasteiger partial charge < -0.3 is 5.32 Å². The minimum Gasteiger partial charge on any atom is -0.338 e. The fraction of sp³-hybridized carbons (Fsp3) is 0.314. The number of rotatable bonds is 12. The normalized spacial score (nSPS) is 11.7. The molecular formula is C51H54N10S2. The van der Waals surface area contributed by atoms with Gasteiger partial charge in [0.1, 0.15) is 23.1 Å². The zero-order chi connectivity index (χ0) is 44.9. The Bertz CT molecular complexity index is 3090. The van der Waals surface area contributed by atoms with E-state index < -0.39 is 0 Å². The van der Waals surface area contributed by atoms with Gasteiger partial charge in [-0.3, -0.25) is 4.90 Å². The Labute approximate surface area is 378 Å². The third kappa shape index (κ3) is 8.00. The van der Waals surface area contributed by atoms with Gasteiger partial charge in [-0.1, -0.05) is 80.2 Å². The van der Waals surface area contributed by atoms with Crippen LogP contribution in [0.4, 0.5) is 39.6 Å². The van der Waals surface area contributed by atoms with Crippen molar-refractivity contribution in [1.29, 1.82) is 5.26 Å². The molecule has 0 saturated heterocycles. The number of anilines is 5. The van der Waals surface area contributed by atoms with E-state index in [1.807, 2.05) is 19.1 Å². The van der Waals surface area contributed by atoms with E-state index in [9.17, 15) is 5.26 Å². The summed E-state index contributed by atoms with van der Waals surface area (Å²) >= 11 is 3.18. The van der Waals surface area contributed by atoms with Crippen molar-refractivity contribution in [3.63, 3.8) is 0 Å². The molecule has 0 aliphatic heterocycles. The van der Waals surface area contributed by atoms with Crippen LogP contribution in [0.1, 0.15) is 100 Å². The lowest BCUT2D eigenvalue weighted by atomic mass is 9.94. The van der Waals surface area contributed by atoms with Crippen molar-refractivity contribution in [2.24, 2.45) is 10.2 Å². The molecule has 0 spiro atoms. The molecule has 63 heavy (non-hydrogen) atoms. The number of nitrogens with zero attached hydrogens (tertiary/aromatic N) is 9. The van der Waals surface area contributed by atoms with Gasteiger partial charge in [-0.05, 0) is 167 Å². The van der Waals surface area contributed by atoms with Crippen LogP contribution in [0.3, 0.4) is 0 Å². The SMILES string of the molecule is CCc1cc(C)c(C)c(CC)c1Nc1nc(N(c2nc3cc(C)c(C)cc3s2)c2c(CC)cc(C)cc2CC)cc(C)c1N=Nc1c(C#N)c(C)nn1-c1nc2ccc(C)cc2s1. The molecule has 0 radical (unpaired) electrons. The van der Waals surface area contributed by atoms with Crippen LogP contribution >= 0.6 is 22.7 Å². The van der Waals surface area contributed by atoms with E-state index in [2.05, 4.69) is 135 Å². The quantitative estimate of drug-likeness (QED) is 0.121. The summed E-state index contributed by atoms with van der Waals surface area (Å²) in [7, 11) is 0. The van der Waals surface area contributed by atoms with Crippen LogP contribution in [-0.4, -0.2) is 24.7 Å². The molecule has 4 aromatic heterocycles. The van der Waals surface area contributed by atoms with E-state index in [0.717, 1.165) is 79.6 Å². The number of pyridine rings is 1. The molecular weight excluding hydrogens is 817 g/mol. The number of aryl methyl sites for hydroxylation is 10. The summed E-state index contributed by atoms with van der Waals surface area (Å²) in [6, 6.07) is 21.9. The molecule has 10 nitrogen and oxygen atoms in total. The summed E-state index contributed by atoms with van der Waals surface area (Å²) in [6.45, 7) is 25.6. The average Bonchev–Trinajstić information content (AvgIpc) is 3.96. The van der Waals surface area contributed by atoms with Gasteiger partial charge in [-0.15, -0.1) is 10.2 Å². The van der Waals surface area contributed by atoms with Crippen molar-refractivity contribution in [3.05, 3.63) is 127 Å². The molecule has 0 bridgehead atoms. The summed E-state index contributed by atoms with van der Waals surface area (Å²) in [5.41, 5.74) is 18.5. The first kappa shape index (κ1) is 43.4. The van der Waals surface area contributed by atoms with Crippen molar-refractivity contribution in [2.75, 3.05) is 10.2 Å². The largest absolute Gasteiger partial charge is 0.338 e. The first-order valence-electron chi connectivity index (χ1n) is 21.8. The summed E-state index contributed by atoms with van der Waals surface area (Å²) in [6.07, 6.45) is 3.34. The minimum atomic E-state index is 0.316. The topological polar surface area (TPSA) is 120 Å². The van der Waals surface area contributed by atoms with E-state index in [0.29, 0.717) is 33.7 Å². The number of nitriles is 1. The summed E-state index contributed by atoms with van der Waals surface area (Å²) in [5, 5.41) is 30.4. The summed E-state index contributed by atoms with van der Waals surface area (Å²) < 4.78 is 3.80. The van der Waals surface area contributed by atoms with Crippen molar-refractivity contribution in [3.8, 4) is 11.2 Å². The van der Waals surface area contributed by atoms with E-state index in [4.69, 9.17) is 30.3 Å². The number of thiazole rings is 2. The fourth-order valence-electron chi connectivity index (χ4n) is 8.44. The van der Waals surface area contributed by atoms with Gasteiger partial charge in [0.25, 0.3) is 0 Å². The number of hydrogen-bond donors (Lipinski definition) is 1. The summed E-state index contributed by atoms with van der Waals surface area (Å²) in [4.78, 5) is 18.1. The first-order valence-corrected chi connectivity index (χ1v) is 23.4. The van der Waals surface area contributed by atoms with Gasteiger partial charge in [-0.25, -0.2) is 15.0 Å². The van der Waals surface area contributed by atoms with E-state index in [-0.39, 0.29) is 0 Å². The monoisotopic (exact) mass is 870 g/mol. The predicted molar refractivity (Wildman–Crippen MR) is 263 cm³/mol. The third-order valence-corrected chi connectivity index (χ3v) is 14.1. The fourth-order valence-corrected chi connectivity index (χ4v) is 10.5. The van der Waals surface area contributed by atoms with Crippen LogP contribution < -0.4 is 10.2 Å². The standard InChI is InChI=1S/C51H54N10S2/c1-13-35-22-31(9)33(11)38(16-4)46(35)56-48-45(57-58-49-39(26-52)34(12)59-61(49)51-53-40-18-17-27(5)21-42(40)63-51)32(10)25-44(55-48)60(47-36(14-2)19-28(6)20-37(47)15-3)50-54-41-23-29(7)30(8)24-43(41)62-50/h17-25H,13-16H2,1-12H3,(H,55,56). The highest BCUT2D eigenvalue weighted by atomic mass is 32.1. The number of benzene rings is 4. The lowest BCUT2D eigenvalue weighted by molar-refractivity contribution is 0.848. The van der Waals surface area contributed by atoms with E-state index in [1.165, 1.54) is 61.4 Å².